The van der Waals surface area contributed by atoms with Crippen LogP contribution in [0.3, 0.4) is 0 Å². The van der Waals surface area contributed by atoms with E-state index in [1.807, 2.05) is 0 Å². The van der Waals surface area contributed by atoms with Gasteiger partial charge in [0.25, 0.3) is 11.8 Å². The molecule has 0 radical (unpaired) electrons. The van der Waals surface area contributed by atoms with Crippen molar-refractivity contribution in [2.45, 2.75) is 31.8 Å². The molecule has 6 N–H and O–H groups in total. The molecule has 262 valence electrons. The molecule has 1 aromatic carbocycles. The van der Waals surface area contributed by atoms with Crippen molar-refractivity contribution in [3.05, 3.63) is 64.1 Å². The number of urea groups is 2. The number of hydrogen-bond donors (Lipinski definition) is 6. The quantitative estimate of drug-likeness (QED) is 0.0492. The number of aromatic amines is 1. The summed E-state index contributed by atoms with van der Waals surface area (Å²) in [5, 5.41) is 16.0. The summed E-state index contributed by atoms with van der Waals surface area (Å²) in [5.74, 6) is -3.51. The molecule has 23 heteroatoms. The summed E-state index contributed by atoms with van der Waals surface area (Å²) < 4.78 is 41.7. The van der Waals surface area contributed by atoms with E-state index in [1.165, 1.54) is 6.92 Å². The zero-order chi connectivity index (χ0) is 35.9. The Labute approximate surface area is 275 Å². The van der Waals surface area contributed by atoms with E-state index in [2.05, 4.69) is 20.9 Å². The van der Waals surface area contributed by atoms with Gasteiger partial charge in [0.2, 0.25) is 11.8 Å². The molecule has 3 atom stereocenters. The smallest absolute Gasteiger partial charge is 0.503 e. The maximum atomic E-state index is 13.8. The number of amides is 8. The van der Waals surface area contributed by atoms with E-state index in [4.69, 9.17) is 14.2 Å². The van der Waals surface area contributed by atoms with Crippen LogP contribution in [0, 0.1) is 0 Å². The van der Waals surface area contributed by atoms with Crippen LogP contribution in [0.5, 0.6) is 5.75 Å². The molecule has 3 heterocycles. The minimum Gasteiger partial charge on any atom is -0.503 e. The van der Waals surface area contributed by atoms with Crippen molar-refractivity contribution >= 4 is 52.7 Å². The average molecular weight is 709 g/mol. The molecule has 8 amide bonds. The van der Waals surface area contributed by atoms with Gasteiger partial charge in [0, 0.05) is 18.8 Å². The first-order valence-corrected chi connectivity index (χ1v) is 15.3. The van der Waals surface area contributed by atoms with Crippen LogP contribution in [-0.2, 0) is 40.6 Å². The fourth-order valence-corrected chi connectivity index (χ4v) is 5.56. The zero-order valence-corrected chi connectivity index (χ0v) is 26.0. The molecule has 2 aromatic rings. The van der Waals surface area contributed by atoms with Gasteiger partial charge in [-0.1, -0.05) is 30.3 Å². The largest absolute Gasteiger partial charge is 0.510 e. The Hall–Kier alpha value is -6.39. The van der Waals surface area contributed by atoms with Crippen molar-refractivity contribution in [2.24, 2.45) is 0 Å². The number of aromatic hydroxyl groups is 1. The lowest BCUT2D eigenvalue weighted by Crippen LogP contribution is -2.76. The number of aromatic nitrogens is 1. The number of nitrogens with one attached hydrogen (secondary N) is 5. The Morgan fingerprint density at radius 2 is 1.86 bits per heavy atom. The summed E-state index contributed by atoms with van der Waals surface area (Å²) in [4.78, 5) is 102. The van der Waals surface area contributed by atoms with Gasteiger partial charge >= 0.3 is 34.5 Å². The predicted molar refractivity (Wildman–Crippen MR) is 158 cm³/mol. The number of rotatable bonds is 11. The lowest BCUT2D eigenvalue weighted by atomic mass is 9.96. The number of hydrazine groups is 1. The highest BCUT2D eigenvalue weighted by Crippen LogP contribution is 2.25. The van der Waals surface area contributed by atoms with Crippen molar-refractivity contribution in [2.75, 3.05) is 19.7 Å². The second-order valence-electron chi connectivity index (χ2n) is 9.96. The van der Waals surface area contributed by atoms with Gasteiger partial charge in [0.15, 0.2) is 12.0 Å². The number of carbonyl (C=O) groups excluding carboxylic acids is 7. The predicted octanol–water partition coefficient (Wildman–Crippen LogP) is -1.83. The second kappa shape index (κ2) is 15.0. The topological polar surface area (TPSA) is 292 Å². The highest BCUT2D eigenvalue weighted by molar-refractivity contribution is 7.87. The van der Waals surface area contributed by atoms with Crippen LogP contribution in [0.4, 0.5) is 19.2 Å². The molecule has 2 aliphatic rings. The lowest BCUT2D eigenvalue weighted by Gasteiger charge is -2.45. The third-order valence-corrected chi connectivity index (χ3v) is 8.31. The number of alkyl carbamates (subject to hydrolysis) is 1. The summed E-state index contributed by atoms with van der Waals surface area (Å²) in [7, 11) is -5.32. The lowest BCUT2D eigenvalue weighted by molar-refractivity contribution is -0.148. The number of nitrogens with zero attached hydrogens (tertiary/aromatic N) is 3. The Bertz CT molecular complexity index is 1800. The third-order valence-electron chi connectivity index (χ3n) is 6.70. The number of hydrogen-bond acceptors (Lipinski definition) is 14. The van der Waals surface area contributed by atoms with Crippen molar-refractivity contribution in [1.29, 1.82) is 0 Å². The summed E-state index contributed by atoms with van der Waals surface area (Å²) in [5.41, 5.74) is 0.573. The normalized spacial score (nSPS) is 17.5. The van der Waals surface area contributed by atoms with Gasteiger partial charge in [-0.3, -0.25) is 24.1 Å². The molecule has 2 aliphatic heterocycles. The summed E-state index contributed by atoms with van der Waals surface area (Å²) in [6.45, 7) is -0.596. The first-order chi connectivity index (χ1) is 23.2. The summed E-state index contributed by atoms with van der Waals surface area (Å²) in [6, 6.07) is 2.59. The molecule has 0 spiro atoms. The van der Waals surface area contributed by atoms with E-state index in [9.17, 15) is 51.9 Å². The summed E-state index contributed by atoms with van der Waals surface area (Å²) >= 11 is 0. The van der Waals surface area contributed by atoms with Crippen LogP contribution in [0.2, 0.25) is 0 Å². The highest BCUT2D eigenvalue weighted by atomic mass is 32.2. The zero-order valence-electron chi connectivity index (χ0n) is 25.2. The fourth-order valence-electron chi connectivity index (χ4n) is 4.29. The minimum absolute atomic E-state index is 0.163. The minimum atomic E-state index is -5.32. The number of imide groups is 1. The van der Waals surface area contributed by atoms with Crippen LogP contribution in [-0.4, -0.2) is 113 Å². The van der Waals surface area contributed by atoms with Gasteiger partial charge in [0.05, 0.1) is 6.54 Å². The number of H-pyrrole nitrogens is 1. The summed E-state index contributed by atoms with van der Waals surface area (Å²) in [6.07, 6.45) is -2.82. The molecule has 0 bridgehead atoms. The van der Waals surface area contributed by atoms with Crippen LogP contribution in [0.25, 0.3) is 0 Å². The highest BCUT2D eigenvalue weighted by Gasteiger charge is 2.56. The fraction of sp³-hybridized carbons (Fsp3) is 0.308. The van der Waals surface area contributed by atoms with Gasteiger partial charge in [-0.05, 0) is 12.5 Å². The van der Waals surface area contributed by atoms with Crippen LogP contribution < -0.4 is 26.8 Å². The standard InChI is InChI=1S/C26H28N8O14S/c1-14(29-13-35)48-26(43)47-12-17-20(30-24(41)46-11-15-5-3-2-4-6-15)22(39)33(17)25(42)34(49(44,45)32-8-7-27-23(32)40)31-21(38)16-9-18(36)19(37)10-28-16/h2-6,9-10,13-14,17,20,37H,7-8,11-12H2,1H3,(H,27,40)(H,28,36)(H,29,35)(H,30,41)(H,31,38). The van der Waals surface area contributed by atoms with Crippen molar-refractivity contribution in [1.82, 2.24) is 40.0 Å². The maximum absolute atomic E-state index is 13.8. The number of β-lactam (4-membered cyclic amide) rings is 1. The van der Waals surface area contributed by atoms with Gasteiger partial charge in [-0.25, -0.2) is 28.9 Å². The molecule has 3 unspecified atom stereocenters. The van der Waals surface area contributed by atoms with Crippen molar-refractivity contribution < 1.29 is 61.3 Å². The molecular weight excluding hydrogens is 680 g/mol. The number of ether oxygens (including phenoxy) is 3. The molecule has 0 saturated carbocycles. The molecular formula is C26H28N8O14S. The van der Waals surface area contributed by atoms with Crippen LogP contribution in [0.1, 0.15) is 23.0 Å². The average Bonchev–Trinajstić information content (AvgIpc) is 3.51. The Morgan fingerprint density at radius 1 is 1.14 bits per heavy atom. The van der Waals surface area contributed by atoms with E-state index in [0.717, 1.165) is 0 Å². The first-order valence-electron chi connectivity index (χ1n) is 14.0. The molecule has 49 heavy (non-hydrogen) atoms. The number of likely N-dealkylation sites (tertiary alicyclic amines) is 1. The Morgan fingerprint density at radius 3 is 2.49 bits per heavy atom. The van der Waals surface area contributed by atoms with Crippen LogP contribution >= 0.6 is 0 Å². The van der Waals surface area contributed by atoms with E-state index in [-0.39, 0.29) is 33.2 Å². The third kappa shape index (κ3) is 8.13. The Kier molecular flexibility index (Phi) is 10.9. The van der Waals surface area contributed by atoms with Crippen molar-refractivity contribution in [3.63, 3.8) is 0 Å². The van der Waals surface area contributed by atoms with E-state index in [1.54, 1.807) is 35.8 Å². The molecule has 0 aliphatic carbocycles. The molecule has 22 nitrogen and oxygen atoms in total. The maximum Gasteiger partial charge on any atom is 0.510 e. The Balaban J connectivity index is 1.61. The van der Waals surface area contributed by atoms with Gasteiger partial charge < -0.3 is 40.3 Å². The second-order valence-corrected chi connectivity index (χ2v) is 11.7. The van der Waals surface area contributed by atoms with E-state index >= 15 is 0 Å². The molecule has 4 rings (SSSR count). The van der Waals surface area contributed by atoms with E-state index < -0.39 is 94.7 Å². The molecule has 1 aromatic heterocycles. The monoisotopic (exact) mass is 708 g/mol. The van der Waals surface area contributed by atoms with Gasteiger partial charge in [-0.15, -0.1) is 4.41 Å². The van der Waals surface area contributed by atoms with Crippen molar-refractivity contribution in [3.8, 4) is 5.75 Å². The molecule has 2 fully saturated rings. The van der Waals surface area contributed by atoms with Crippen LogP contribution in [0.15, 0.2) is 47.4 Å². The number of pyridine rings is 1. The SMILES string of the molecule is CC(NC=O)OC(=O)OCC1C(NC(=O)OCc2ccccc2)C(=O)N1C(=O)N(NC(=O)c1cc(=O)c(O)c[nH]1)S(=O)(=O)N1CCNC1=O. The number of carbonyl (C=O) groups is 7. The van der Waals surface area contributed by atoms with E-state index in [0.29, 0.717) is 17.8 Å². The van der Waals surface area contributed by atoms with Gasteiger partial charge in [0.1, 0.15) is 31.0 Å². The molecule has 2 saturated heterocycles. The first kappa shape index (κ1) is 35.5. The number of benzene rings is 1. The van der Waals surface area contributed by atoms with Gasteiger partial charge in [-0.2, -0.15) is 8.42 Å².